The maximum absolute atomic E-state index is 13.0. The van der Waals surface area contributed by atoms with Crippen LogP contribution in [0.5, 0.6) is 0 Å². The Morgan fingerprint density at radius 3 is 1.97 bits per heavy atom. The van der Waals surface area contributed by atoms with Gasteiger partial charge in [-0.05, 0) is 37.1 Å². The maximum Gasteiger partial charge on any atom is 0.243 e. The third-order valence-corrected chi connectivity index (χ3v) is 5.79. The van der Waals surface area contributed by atoms with E-state index in [-0.39, 0.29) is 22.9 Å². The van der Waals surface area contributed by atoms with Crippen LogP contribution >= 0.6 is 17.0 Å². The van der Waals surface area contributed by atoms with E-state index in [9.17, 15) is 4.79 Å². The van der Waals surface area contributed by atoms with E-state index < -0.39 is 6.04 Å². The molecule has 32 heavy (non-hydrogen) atoms. The summed E-state index contributed by atoms with van der Waals surface area (Å²) in [7, 11) is 1.65. The first kappa shape index (κ1) is 23.5. The summed E-state index contributed by atoms with van der Waals surface area (Å²) < 4.78 is 3.84. The molecule has 1 unspecified atom stereocenters. The molecule has 0 saturated carbocycles. The molecular formula is C26H29BrN4O. The van der Waals surface area contributed by atoms with Crippen LogP contribution in [-0.2, 0) is 17.8 Å². The molecule has 1 aromatic heterocycles. The van der Waals surface area contributed by atoms with E-state index >= 15 is 0 Å². The highest BCUT2D eigenvalue weighted by Crippen LogP contribution is 2.22. The molecule has 1 heterocycles. The summed E-state index contributed by atoms with van der Waals surface area (Å²) in [6, 6.07) is 24.0. The zero-order valence-electron chi connectivity index (χ0n) is 18.6. The molecule has 0 saturated heterocycles. The average molecular weight is 493 g/mol. The van der Waals surface area contributed by atoms with Gasteiger partial charge in [-0.1, -0.05) is 71.8 Å². The van der Waals surface area contributed by atoms with Gasteiger partial charge in [-0.2, -0.15) is 0 Å². The Bertz CT molecular complexity index is 1270. The number of rotatable bonds is 6. The van der Waals surface area contributed by atoms with Crippen molar-refractivity contribution in [3.05, 3.63) is 101 Å². The number of likely N-dealkylation sites (N-methyl/N-ethyl adjacent to an activating group) is 1. The lowest BCUT2D eigenvalue weighted by Gasteiger charge is -2.18. The molecule has 0 aliphatic rings. The Balaban J connectivity index is 0.00000289. The number of nitrogens with zero attached hydrogens (tertiary/aromatic N) is 2. The number of nitrogens with one attached hydrogen (secondary N) is 2. The minimum absolute atomic E-state index is 0. The first-order valence-electron chi connectivity index (χ1n) is 10.5. The molecule has 2 N–H and O–H groups in total. The zero-order valence-corrected chi connectivity index (χ0v) is 20.3. The molecule has 1 amide bonds. The van der Waals surface area contributed by atoms with Gasteiger partial charge < -0.3 is 9.88 Å². The number of aromatic nitrogens is 2. The number of halogens is 1. The molecule has 166 valence electrons. The third-order valence-electron chi connectivity index (χ3n) is 5.79. The standard InChI is InChI=1S/C26H28N4O.BrH/c1-18-8-12-20(13-9-18)16-24(25(31)28-3)30-23-7-5-4-6-22(23)29(26(30)27)17-21-14-10-19(2)11-15-21;/h4-15,24,27H,16-17H2,1-3H3,(H,28,31);1H. The van der Waals surface area contributed by atoms with Gasteiger partial charge in [0.25, 0.3) is 0 Å². The summed E-state index contributed by atoms with van der Waals surface area (Å²) in [5.74, 6) is -0.0997. The van der Waals surface area contributed by atoms with E-state index in [1.54, 1.807) is 7.05 Å². The molecule has 1 atom stereocenters. The lowest BCUT2D eigenvalue weighted by atomic mass is 10.0. The van der Waals surface area contributed by atoms with Crippen LogP contribution in [0, 0.1) is 19.3 Å². The number of benzene rings is 3. The van der Waals surface area contributed by atoms with Gasteiger partial charge in [-0.25, -0.2) is 0 Å². The summed E-state index contributed by atoms with van der Waals surface area (Å²) in [6.45, 7) is 4.70. The number of aryl methyl sites for hydroxylation is 2. The van der Waals surface area contributed by atoms with Crippen LogP contribution in [0.3, 0.4) is 0 Å². The largest absolute Gasteiger partial charge is 0.357 e. The van der Waals surface area contributed by atoms with Crippen LogP contribution < -0.4 is 10.9 Å². The number of fused-ring (bicyclic) bond motifs is 1. The fraction of sp³-hybridized carbons (Fsp3) is 0.231. The number of para-hydroxylation sites is 2. The summed E-state index contributed by atoms with van der Waals surface area (Å²) >= 11 is 0. The number of carbonyl (C=O) groups is 1. The Kier molecular flexibility index (Phi) is 7.36. The summed E-state index contributed by atoms with van der Waals surface area (Å²) in [6.07, 6.45) is 0.523. The van der Waals surface area contributed by atoms with Crippen LogP contribution in [-0.4, -0.2) is 22.1 Å². The third kappa shape index (κ3) is 4.70. The van der Waals surface area contributed by atoms with Gasteiger partial charge in [0, 0.05) is 13.5 Å². The van der Waals surface area contributed by atoms with E-state index in [0.717, 1.165) is 22.2 Å². The molecule has 0 aliphatic heterocycles. The molecule has 0 spiro atoms. The SMILES string of the molecule is Br.CNC(=O)C(Cc1ccc(C)cc1)n1c(=N)n(Cc2ccc(C)cc2)c2ccccc21. The lowest BCUT2D eigenvalue weighted by molar-refractivity contribution is -0.123. The summed E-state index contributed by atoms with van der Waals surface area (Å²) in [5, 5.41) is 11.8. The Morgan fingerprint density at radius 1 is 0.875 bits per heavy atom. The number of hydrogen-bond donors (Lipinski definition) is 2. The van der Waals surface area contributed by atoms with Crippen molar-refractivity contribution in [3.63, 3.8) is 0 Å². The van der Waals surface area contributed by atoms with Crippen molar-refractivity contribution in [1.82, 2.24) is 14.5 Å². The summed E-state index contributed by atoms with van der Waals surface area (Å²) in [5.41, 5.74) is 6.75. The van der Waals surface area contributed by atoms with Gasteiger partial charge in [-0.3, -0.25) is 14.8 Å². The average Bonchev–Trinajstić information content (AvgIpc) is 3.06. The molecule has 3 aromatic carbocycles. The van der Waals surface area contributed by atoms with Crippen LogP contribution in [0.15, 0.2) is 72.8 Å². The summed E-state index contributed by atoms with van der Waals surface area (Å²) in [4.78, 5) is 13.0. The van der Waals surface area contributed by atoms with E-state index in [1.807, 2.05) is 33.4 Å². The normalized spacial score (nSPS) is 11.7. The van der Waals surface area contributed by atoms with Crippen LogP contribution in [0.4, 0.5) is 0 Å². The van der Waals surface area contributed by atoms with Gasteiger partial charge in [0.2, 0.25) is 11.5 Å². The highest BCUT2D eigenvalue weighted by atomic mass is 79.9. The predicted octanol–water partition coefficient (Wildman–Crippen LogP) is 4.70. The Labute approximate surface area is 199 Å². The second-order valence-electron chi connectivity index (χ2n) is 8.07. The topological polar surface area (TPSA) is 62.8 Å². The molecule has 6 heteroatoms. The van der Waals surface area contributed by atoms with E-state index in [2.05, 4.69) is 67.7 Å². The van der Waals surface area contributed by atoms with Gasteiger partial charge in [-0.15, -0.1) is 17.0 Å². The number of hydrogen-bond acceptors (Lipinski definition) is 2. The van der Waals surface area contributed by atoms with Gasteiger partial charge >= 0.3 is 0 Å². The predicted molar refractivity (Wildman–Crippen MR) is 134 cm³/mol. The molecule has 0 bridgehead atoms. The lowest BCUT2D eigenvalue weighted by Crippen LogP contribution is -2.37. The quantitative estimate of drug-likeness (QED) is 0.402. The van der Waals surface area contributed by atoms with Crippen molar-refractivity contribution in [2.24, 2.45) is 0 Å². The van der Waals surface area contributed by atoms with Crippen LogP contribution in [0.25, 0.3) is 11.0 Å². The van der Waals surface area contributed by atoms with Crippen LogP contribution in [0.2, 0.25) is 0 Å². The molecule has 0 radical (unpaired) electrons. The van der Waals surface area contributed by atoms with Crippen LogP contribution in [0.1, 0.15) is 28.3 Å². The van der Waals surface area contributed by atoms with Gasteiger partial charge in [0.15, 0.2) is 0 Å². The number of carbonyl (C=O) groups excluding carboxylic acids is 1. The van der Waals surface area contributed by atoms with Crippen molar-refractivity contribution in [3.8, 4) is 0 Å². The van der Waals surface area contributed by atoms with Crippen molar-refractivity contribution >= 4 is 33.9 Å². The number of amides is 1. The first-order valence-corrected chi connectivity index (χ1v) is 10.5. The molecule has 0 fully saturated rings. The second-order valence-corrected chi connectivity index (χ2v) is 8.07. The minimum atomic E-state index is -0.510. The molecule has 0 aliphatic carbocycles. The number of imidazole rings is 1. The Hall–Kier alpha value is -3.12. The highest BCUT2D eigenvalue weighted by molar-refractivity contribution is 8.93. The smallest absolute Gasteiger partial charge is 0.243 e. The van der Waals surface area contributed by atoms with Crippen molar-refractivity contribution in [2.75, 3.05) is 7.05 Å². The molecule has 5 nitrogen and oxygen atoms in total. The highest BCUT2D eigenvalue weighted by Gasteiger charge is 2.24. The first-order chi connectivity index (χ1) is 15.0. The molecular weight excluding hydrogens is 464 g/mol. The van der Waals surface area contributed by atoms with Gasteiger partial charge in [0.1, 0.15) is 6.04 Å². The van der Waals surface area contributed by atoms with Crippen molar-refractivity contribution in [1.29, 1.82) is 5.41 Å². The maximum atomic E-state index is 13.0. The second kappa shape index (κ2) is 10.0. The van der Waals surface area contributed by atoms with E-state index in [0.29, 0.717) is 18.6 Å². The monoisotopic (exact) mass is 492 g/mol. The molecule has 4 rings (SSSR count). The fourth-order valence-corrected chi connectivity index (χ4v) is 4.02. The molecule has 4 aromatic rings. The minimum Gasteiger partial charge on any atom is -0.357 e. The van der Waals surface area contributed by atoms with Gasteiger partial charge in [0.05, 0.1) is 17.6 Å². The van der Waals surface area contributed by atoms with E-state index in [4.69, 9.17) is 5.41 Å². The Morgan fingerprint density at radius 2 is 1.41 bits per heavy atom. The van der Waals surface area contributed by atoms with Crippen molar-refractivity contribution in [2.45, 2.75) is 32.9 Å². The van der Waals surface area contributed by atoms with E-state index in [1.165, 1.54) is 11.1 Å². The van der Waals surface area contributed by atoms with Crippen molar-refractivity contribution < 1.29 is 4.79 Å². The fourth-order valence-electron chi connectivity index (χ4n) is 4.02. The zero-order chi connectivity index (χ0) is 22.0.